The van der Waals surface area contributed by atoms with Crippen LogP contribution < -0.4 is 5.32 Å². The van der Waals surface area contributed by atoms with Crippen molar-refractivity contribution >= 4 is 22.4 Å². The summed E-state index contributed by atoms with van der Waals surface area (Å²) in [5, 5.41) is 3.75. The van der Waals surface area contributed by atoms with Crippen molar-refractivity contribution in [3.05, 3.63) is 28.8 Å². The van der Waals surface area contributed by atoms with Crippen LogP contribution in [0.2, 0.25) is 0 Å². The van der Waals surface area contributed by atoms with E-state index in [0.29, 0.717) is 6.61 Å². The number of nitrogens with zero attached hydrogens (tertiary/aromatic N) is 3. The van der Waals surface area contributed by atoms with Crippen LogP contribution in [0, 0.1) is 5.92 Å². The molecule has 2 atom stereocenters. The zero-order valence-corrected chi connectivity index (χ0v) is 14.6. The van der Waals surface area contributed by atoms with Crippen LogP contribution in [0.3, 0.4) is 0 Å². The number of ether oxygens (including phenoxy) is 1. The lowest BCUT2D eigenvalue weighted by molar-refractivity contribution is -0.121. The van der Waals surface area contributed by atoms with E-state index in [2.05, 4.69) is 22.2 Å². The predicted octanol–water partition coefficient (Wildman–Crippen LogP) is 2.95. The van der Waals surface area contributed by atoms with Crippen molar-refractivity contribution in [3.8, 4) is 0 Å². The molecule has 128 valence electrons. The van der Waals surface area contributed by atoms with Gasteiger partial charge in [0.15, 0.2) is 5.13 Å². The molecule has 0 radical (unpaired) electrons. The van der Waals surface area contributed by atoms with E-state index in [9.17, 15) is 4.79 Å². The fraction of sp³-hybridized carbons (Fsp3) is 0.588. The fourth-order valence-electron chi connectivity index (χ4n) is 3.56. The lowest BCUT2D eigenvalue weighted by Gasteiger charge is -2.18. The summed E-state index contributed by atoms with van der Waals surface area (Å²) in [4.78, 5) is 23.1. The summed E-state index contributed by atoms with van der Waals surface area (Å²) in [6.45, 7) is 3.48. The number of nitrogens with one attached hydrogen (secondary N) is 1. The average molecular weight is 346 g/mol. The molecule has 0 aromatic carbocycles. The largest absolute Gasteiger partial charge is 0.369 e. The summed E-state index contributed by atoms with van der Waals surface area (Å²) >= 11 is 1.62. The Labute approximate surface area is 145 Å². The molecule has 24 heavy (non-hydrogen) atoms. The smallest absolute Gasteiger partial charge is 0.232 e. The van der Waals surface area contributed by atoms with Gasteiger partial charge in [-0.05, 0) is 39.0 Å². The van der Waals surface area contributed by atoms with Gasteiger partial charge < -0.3 is 14.6 Å². The Hall–Kier alpha value is -1.73. The van der Waals surface area contributed by atoms with Gasteiger partial charge in [-0.25, -0.2) is 9.97 Å². The van der Waals surface area contributed by atoms with Gasteiger partial charge in [0, 0.05) is 30.4 Å². The summed E-state index contributed by atoms with van der Waals surface area (Å²) in [5.74, 6) is 0.626. The first-order valence-corrected chi connectivity index (χ1v) is 9.50. The van der Waals surface area contributed by atoms with Gasteiger partial charge in [0.2, 0.25) is 5.91 Å². The second-order valence-electron chi connectivity index (χ2n) is 6.34. The Morgan fingerprint density at radius 1 is 1.46 bits per heavy atom. The second kappa shape index (κ2) is 6.64. The van der Waals surface area contributed by atoms with Crippen molar-refractivity contribution in [2.45, 2.75) is 51.7 Å². The van der Waals surface area contributed by atoms with Crippen LogP contribution in [-0.4, -0.2) is 27.0 Å². The standard InChI is InChI=1S/C17H22N4O2S/c1-2-21-9-8-18-15(21)14-11(7-10-23-14)16(22)20-17-19-12-5-3-4-6-13(12)24-17/h8-9,11,14H,2-7,10H2,1H3,(H,19,20,22)/t11-,14-/m1/s1. The highest BCUT2D eigenvalue weighted by Gasteiger charge is 2.38. The van der Waals surface area contributed by atoms with Crippen LogP contribution in [0.15, 0.2) is 12.4 Å². The molecule has 0 spiro atoms. The maximum Gasteiger partial charge on any atom is 0.232 e. The highest BCUT2D eigenvalue weighted by Crippen LogP contribution is 2.36. The molecule has 0 bridgehead atoms. The molecule has 2 aliphatic rings. The minimum Gasteiger partial charge on any atom is -0.369 e. The first-order chi connectivity index (χ1) is 11.8. The number of carbonyl (C=O) groups is 1. The molecule has 2 aromatic rings. The molecule has 4 rings (SSSR count). The highest BCUT2D eigenvalue weighted by molar-refractivity contribution is 7.15. The quantitative estimate of drug-likeness (QED) is 0.924. The van der Waals surface area contributed by atoms with Gasteiger partial charge in [-0.2, -0.15) is 0 Å². The van der Waals surface area contributed by atoms with Gasteiger partial charge >= 0.3 is 0 Å². The van der Waals surface area contributed by atoms with Crippen LogP contribution in [0.25, 0.3) is 0 Å². The van der Waals surface area contributed by atoms with E-state index in [4.69, 9.17) is 4.74 Å². The first-order valence-electron chi connectivity index (χ1n) is 8.68. The second-order valence-corrected chi connectivity index (χ2v) is 7.43. The molecule has 1 aliphatic carbocycles. The number of aromatic nitrogens is 3. The molecule has 3 heterocycles. The Morgan fingerprint density at radius 3 is 3.17 bits per heavy atom. The lowest BCUT2D eigenvalue weighted by atomic mass is 10.00. The van der Waals surface area contributed by atoms with E-state index in [1.807, 2.05) is 10.8 Å². The number of thiazole rings is 1. The minimum absolute atomic E-state index is 0.00532. The molecule has 0 unspecified atom stereocenters. The lowest BCUT2D eigenvalue weighted by Crippen LogP contribution is -2.26. The molecular weight excluding hydrogens is 324 g/mol. The van der Waals surface area contributed by atoms with Crippen molar-refractivity contribution in [3.63, 3.8) is 0 Å². The molecular formula is C17H22N4O2S. The third kappa shape index (κ3) is 2.86. The molecule has 0 saturated carbocycles. The normalized spacial score (nSPS) is 23.2. The topological polar surface area (TPSA) is 69.0 Å². The van der Waals surface area contributed by atoms with Gasteiger partial charge in [0.25, 0.3) is 0 Å². The number of hydrogen-bond acceptors (Lipinski definition) is 5. The molecule has 7 heteroatoms. The summed E-state index contributed by atoms with van der Waals surface area (Å²) in [6.07, 6.45) is 8.69. The van der Waals surface area contributed by atoms with Crippen LogP contribution >= 0.6 is 11.3 Å². The van der Waals surface area contributed by atoms with Crippen molar-refractivity contribution < 1.29 is 9.53 Å². The number of aryl methyl sites for hydroxylation is 3. The summed E-state index contributed by atoms with van der Waals surface area (Å²) in [5.41, 5.74) is 1.17. The molecule has 2 aromatic heterocycles. The number of rotatable bonds is 4. The summed E-state index contributed by atoms with van der Waals surface area (Å²) in [6, 6.07) is 0. The van der Waals surface area contributed by atoms with E-state index in [1.54, 1.807) is 17.5 Å². The van der Waals surface area contributed by atoms with Crippen LogP contribution in [0.4, 0.5) is 5.13 Å². The predicted molar refractivity (Wildman–Crippen MR) is 92.1 cm³/mol. The molecule has 1 saturated heterocycles. The third-order valence-electron chi connectivity index (χ3n) is 4.85. The van der Waals surface area contributed by atoms with Gasteiger partial charge in [-0.3, -0.25) is 4.79 Å². The van der Waals surface area contributed by atoms with Gasteiger partial charge in [0.1, 0.15) is 11.9 Å². The van der Waals surface area contributed by atoms with Crippen molar-refractivity contribution in [2.75, 3.05) is 11.9 Å². The monoisotopic (exact) mass is 346 g/mol. The third-order valence-corrected chi connectivity index (χ3v) is 5.92. The van der Waals surface area contributed by atoms with Crippen molar-refractivity contribution in [2.24, 2.45) is 5.92 Å². The zero-order chi connectivity index (χ0) is 16.5. The number of hydrogen-bond donors (Lipinski definition) is 1. The molecule has 1 aliphatic heterocycles. The van der Waals surface area contributed by atoms with E-state index >= 15 is 0 Å². The Balaban J connectivity index is 1.50. The van der Waals surface area contributed by atoms with Crippen LogP contribution in [-0.2, 0) is 28.9 Å². The summed E-state index contributed by atoms with van der Waals surface area (Å²) in [7, 11) is 0. The van der Waals surface area contributed by atoms with E-state index in [-0.39, 0.29) is 17.9 Å². The molecule has 1 amide bonds. The number of anilines is 1. The zero-order valence-electron chi connectivity index (χ0n) is 13.8. The Kier molecular flexibility index (Phi) is 4.37. The van der Waals surface area contributed by atoms with Crippen LogP contribution in [0.5, 0.6) is 0 Å². The SMILES string of the molecule is CCn1ccnc1[C@@H]1OCC[C@H]1C(=O)Nc1nc2c(s1)CCCC2. The number of imidazole rings is 1. The maximum absolute atomic E-state index is 12.8. The number of fused-ring (bicyclic) bond motifs is 1. The first kappa shape index (κ1) is 15.8. The molecule has 6 nitrogen and oxygen atoms in total. The summed E-state index contributed by atoms with van der Waals surface area (Å²) < 4.78 is 7.87. The maximum atomic E-state index is 12.8. The van der Waals surface area contributed by atoms with Gasteiger partial charge in [-0.1, -0.05) is 0 Å². The number of amides is 1. The average Bonchev–Trinajstić information content (AvgIpc) is 3.31. The Bertz CT molecular complexity index is 715. The number of carbonyl (C=O) groups excluding carboxylic acids is 1. The van der Waals surface area contributed by atoms with Gasteiger partial charge in [0.05, 0.1) is 11.6 Å². The van der Waals surface area contributed by atoms with E-state index in [1.165, 1.54) is 23.4 Å². The fourth-order valence-corrected chi connectivity index (χ4v) is 4.61. The van der Waals surface area contributed by atoms with Crippen LogP contribution in [0.1, 0.15) is 48.7 Å². The van der Waals surface area contributed by atoms with Crippen molar-refractivity contribution in [1.29, 1.82) is 0 Å². The Morgan fingerprint density at radius 2 is 2.33 bits per heavy atom. The van der Waals surface area contributed by atoms with E-state index < -0.39 is 0 Å². The molecule has 1 N–H and O–H groups in total. The van der Waals surface area contributed by atoms with Crippen molar-refractivity contribution in [1.82, 2.24) is 14.5 Å². The van der Waals surface area contributed by atoms with Gasteiger partial charge in [-0.15, -0.1) is 11.3 Å². The minimum atomic E-state index is -0.269. The highest BCUT2D eigenvalue weighted by atomic mass is 32.1. The molecule has 1 fully saturated rings. The van der Waals surface area contributed by atoms with E-state index in [0.717, 1.165) is 36.8 Å².